The van der Waals surface area contributed by atoms with Crippen molar-refractivity contribution in [3.05, 3.63) is 64.7 Å². The van der Waals surface area contributed by atoms with Gasteiger partial charge < -0.3 is 14.6 Å². The van der Waals surface area contributed by atoms with Gasteiger partial charge >= 0.3 is 0 Å². The third-order valence-electron chi connectivity index (χ3n) is 3.78. The van der Waals surface area contributed by atoms with E-state index in [4.69, 9.17) is 0 Å². The average Bonchev–Trinajstić information content (AvgIpc) is 2.60. The van der Waals surface area contributed by atoms with Crippen molar-refractivity contribution < 1.29 is 9.90 Å². The van der Waals surface area contributed by atoms with Crippen LogP contribution in [0.1, 0.15) is 10.5 Å². The van der Waals surface area contributed by atoms with Gasteiger partial charge in [-0.05, 0) is 24.3 Å². The SMILES string of the molecule is CN(C(=O)c1c(O)c2ncccc2c(=O)n1C)c1ccccc1. The second kappa shape index (κ2) is 5.57. The summed E-state index contributed by atoms with van der Waals surface area (Å²) >= 11 is 0. The van der Waals surface area contributed by atoms with Crippen LogP contribution in [0, 0.1) is 0 Å². The maximum Gasteiger partial charge on any atom is 0.278 e. The molecule has 116 valence electrons. The van der Waals surface area contributed by atoms with Crippen LogP contribution in [0.2, 0.25) is 0 Å². The number of benzene rings is 1. The molecule has 0 aliphatic carbocycles. The Morgan fingerprint density at radius 3 is 2.57 bits per heavy atom. The summed E-state index contributed by atoms with van der Waals surface area (Å²) in [5.74, 6) is -0.781. The summed E-state index contributed by atoms with van der Waals surface area (Å²) in [4.78, 5) is 30.6. The van der Waals surface area contributed by atoms with Gasteiger partial charge in [-0.3, -0.25) is 14.6 Å². The number of hydrogen-bond acceptors (Lipinski definition) is 4. The molecule has 1 amide bonds. The molecule has 6 nitrogen and oxygen atoms in total. The van der Waals surface area contributed by atoms with Crippen LogP contribution >= 0.6 is 0 Å². The lowest BCUT2D eigenvalue weighted by Crippen LogP contribution is -2.32. The molecular formula is C17H15N3O3. The fourth-order valence-corrected chi connectivity index (χ4v) is 2.49. The molecule has 3 aromatic rings. The number of amides is 1. The zero-order valence-corrected chi connectivity index (χ0v) is 12.7. The Kier molecular flexibility index (Phi) is 3.57. The van der Waals surface area contributed by atoms with Crippen molar-refractivity contribution in [1.29, 1.82) is 0 Å². The summed E-state index contributed by atoms with van der Waals surface area (Å²) in [6.45, 7) is 0. The van der Waals surface area contributed by atoms with E-state index in [-0.39, 0.29) is 27.9 Å². The Morgan fingerprint density at radius 2 is 1.87 bits per heavy atom. The van der Waals surface area contributed by atoms with Gasteiger partial charge in [0.25, 0.3) is 11.5 Å². The molecule has 2 heterocycles. The zero-order valence-electron chi connectivity index (χ0n) is 12.7. The Labute approximate surface area is 132 Å². The number of nitrogens with zero attached hydrogens (tertiary/aromatic N) is 3. The van der Waals surface area contributed by atoms with Gasteiger partial charge in [-0.2, -0.15) is 0 Å². The second-order valence-corrected chi connectivity index (χ2v) is 5.16. The number of aromatic nitrogens is 2. The highest BCUT2D eigenvalue weighted by Gasteiger charge is 2.24. The van der Waals surface area contributed by atoms with Gasteiger partial charge in [0, 0.05) is 26.0 Å². The number of fused-ring (bicyclic) bond motifs is 1. The normalized spacial score (nSPS) is 10.7. The number of hydrogen-bond donors (Lipinski definition) is 1. The lowest BCUT2D eigenvalue weighted by molar-refractivity contribution is 0.0981. The van der Waals surface area contributed by atoms with Gasteiger partial charge in [-0.15, -0.1) is 0 Å². The highest BCUT2D eigenvalue weighted by atomic mass is 16.3. The first-order chi connectivity index (χ1) is 11.0. The van der Waals surface area contributed by atoms with Crippen LogP contribution in [0.4, 0.5) is 5.69 Å². The summed E-state index contributed by atoms with van der Waals surface area (Å²) in [6.07, 6.45) is 1.47. The van der Waals surface area contributed by atoms with Crippen molar-refractivity contribution >= 4 is 22.5 Å². The number of para-hydroxylation sites is 1. The molecule has 0 aliphatic rings. The summed E-state index contributed by atoms with van der Waals surface area (Å²) in [5.41, 5.74) is 0.314. The topological polar surface area (TPSA) is 75.4 Å². The average molecular weight is 309 g/mol. The summed E-state index contributed by atoms with van der Waals surface area (Å²) in [5, 5.41) is 10.7. The molecule has 0 atom stereocenters. The Morgan fingerprint density at radius 1 is 1.17 bits per heavy atom. The highest BCUT2D eigenvalue weighted by Crippen LogP contribution is 2.26. The van der Waals surface area contributed by atoms with E-state index in [9.17, 15) is 14.7 Å². The predicted octanol–water partition coefficient (Wildman–Crippen LogP) is 1.92. The molecule has 0 unspecified atom stereocenters. The molecule has 0 spiro atoms. The molecule has 0 saturated heterocycles. The first-order valence-corrected chi connectivity index (χ1v) is 7.02. The summed E-state index contributed by atoms with van der Waals surface area (Å²) in [7, 11) is 3.05. The number of anilines is 1. The number of carbonyl (C=O) groups is 1. The first-order valence-electron chi connectivity index (χ1n) is 7.02. The van der Waals surface area contributed by atoms with Gasteiger partial charge in [0.05, 0.1) is 5.39 Å². The van der Waals surface area contributed by atoms with E-state index in [1.54, 1.807) is 43.4 Å². The van der Waals surface area contributed by atoms with Crippen molar-refractivity contribution in [3.63, 3.8) is 0 Å². The quantitative estimate of drug-likeness (QED) is 0.784. The third kappa shape index (κ3) is 2.34. The van der Waals surface area contributed by atoms with E-state index >= 15 is 0 Å². The van der Waals surface area contributed by atoms with Crippen LogP contribution < -0.4 is 10.5 Å². The molecule has 0 bridgehead atoms. The smallest absolute Gasteiger partial charge is 0.278 e. The molecule has 2 aromatic heterocycles. The van der Waals surface area contributed by atoms with Crippen molar-refractivity contribution in [3.8, 4) is 5.75 Å². The fourth-order valence-electron chi connectivity index (χ4n) is 2.49. The monoisotopic (exact) mass is 309 g/mol. The maximum atomic E-state index is 12.8. The van der Waals surface area contributed by atoms with Crippen LogP contribution in [0.3, 0.4) is 0 Å². The Hall–Kier alpha value is -3.15. The molecular weight excluding hydrogens is 294 g/mol. The first kappa shape index (κ1) is 14.8. The van der Waals surface area contributed by atoms with Crippen LogP contribution in [-0.4, -0.2) is 27.6 Å². The summed E-state index contributed by atoms with van der Waals surface area (Å²) < 4.78 is 1.15. The number of carbonyl (C=O) groups excluding carboxylic acids is 1. The van der Waals surface area contributed by atoms with E-state index in [2.05, 4.69) is 4.98 Å². The molecule has 6 heteroatoms. The molecule has 0 fully saturated rings. The maximum absolute atomic E-state index is 12.8. The lowest BCUT2D eigenvalue weighted by atomic mass is 10.2. The molecule has 0 radical (unpaired) electrons. The molecule has 23 heavy (non-hydrogen) atoms. The van der Waals surface area contributed by atoms with Gasteiger partial charge in [0.15, 0.2) is 11.4 Å². The Bertz CT molecular complexity index is 948. The van der Waals surface area contributed by atoms with Gasteiger partial charge in [0.2, 0.25) is 0 Å². The fraction of sp³-hybridized carbons (Fsp3) is 0.118. The number of pyridine rings is 2. The van der Waals surface area contributed by atoms with Gasteiger partial charge in [0.1, 0.15) is 5.52 Å². The minimum Gasteiger partial charge on any atom is -0.504 e. The van der Waals surface area contributed by atoms with E-state index < -0.39 is 5.91 Å². The molecule has 1 aromatic carbocycles. The zero-order chi connectivity index (χ0) is 16.6. The van der Waals surface area contributed by atoms with Crippen LogP contribution in [-0.2, 0) is 7.05 Å². The number of rotatable bonds is 2. The third-order valence-corrected chi connectivity index (χ3v) is 3.78. The van der Waals surface area contributed by atoms with Gasteiger partial charge in [-0.25, -0.2) is 0 Å². The van der Waals surface area contributed by atoms with Crippen LogP contribution in [0.5, 0.6) is 5.75 Å². The van der Waals surface area contributed by atoms with Crippen LogP contribution in [0.25, 0.3) is 10.9 Å². The van der Waals surface area contributed by atoms with Crippen molar-refractivity contribution in [2.45, 2.75) is 0 Å². The number of aromatic hydroxyl groups is 1. The molecule has 1 N–H and O–H groups in total. The minimum absolute atomic E-state index is 0.0902. The minimum atomic E-state index is -0.485. The largest absolute Gasteiger partial charge is 0.504 e. The lowest BCUT2D eigenvalue weighted by Gasteiger charge is -2.20. The van der Waals surface area contributed by atoms with Crippen molar-refractivity contribution in [2.24, 2.45) is 7.05 Å². The van der Waals surface area contributed by atoms with Crippen molar-refractivity contribution in [1.82, 2.24) is 9.55 Å². The van der Waals surface area contributed by atoms with E-state index in [0.717, 1.165) is 4.57 Å². The van der Waals surface area contributed by atoms with E-state index in [1.807, 2.05) is 6.07 Å². The highest BCUT2D eigenvalue weighted by molar-refractivity contribution is 6.08. The predicted molar refractivity (Wildman–Crippen MR) is 87.8 cm³/mol. The van der Waals surface area contributed by atoms with Crippen LogP contribution in [0.15, 0.2) is 53.5 Å². The summed E-state index contributed by atoms with van der Waals surface area (Å²) in [6, 6.07) is 12.2. The van der Waals surface area contributed by atoms with E-state index in [1.165, 1.54) is 18.1 Å². The molecule has 0 saturated carbocycles. The Balaban J connectivity index is 2.20. The van der Waals surface area contributed by atoms with Crippen molar-refractivity contribution in [2.75, 3.05) is 11.9 Å². The molecule has 0 aliphatic heterocycles. The standard InChI is InChI=1S/C17H15N3O3/c1-19(11-7-4-3-5-8-11)17(23)14-15(21)13-12(9-6-10-18-13)16(22)20(14)2/h3-10,21H,1-2H3. The van der Waals surface area contributed by atoms with E-state index in [0.29, 0.717) is 5.69 Å². The molecule has 3 rings (SSSR count). The second-order valence-electron chi connectivity index (χ2n) is 5.16. The van der Waals surface area contributed by atoms with Gasteiger partial charge in [-0.1, -0.05) is 18.2 Å².